The quantitative estimate of drug-likeness (QED) is 0.386. The maximum absolute atomic E-state index is 3.75. The summed E-state index contributed by atoms with van der Waals surface area (Å²) in [6, 6.07) is 0. The van der Waals surface area contributed by atoms with Gasteiger partial charge in [0.15, 0.2) is 0 Å². The highest BCUT2D eigenvalue weighted by atomic mass is 13.8. The fourth-order valence-electron chi connectivity index (χ4n) is 0.547. The Morgan fingerprint density at radius 2 is 2.12 bits per heavy atom. The molecule has 0 aromatic carbocycles. The first-order valence-electron chi connectivity index (χ1n) is 3.36. The van der Waals surface area contributed by atoms with Crippen LogP contribution in [0.15, 0.2) is 12.2 Å². The molecule has 0 nitrogen and oxygen atoms in total. The van der Waals surface area contributed by atoms with Crippen molar-refractivity contribution >= 4 is 0 Å². The molecule has 0 spiro atoms. The molecule has 47 valence electrons. The zero-order valence-electron chi connectivity index (χ0n) is 5.69. The average Bonchev–Trinajstić information content (AvgIpc) is 1.81. The van der Waals surface area contributed by atoms with Crippen LogP contribution in [0.2, 0.25) is 0 Å². The molecule has 0 aromatic heterocycles. The van der Waals surface area contributed by atoms with E-state index in [2.05, 4.69) is 26.0 Å². The topological polar surface area (TPSA) is 0 Å². The monoisotopic (exact) mass is 111 g/mol. The van der Waals surface area contributed by atoms with Crippen molar-refractivity contribution < 1.29 is 0 Å². The highest BCUT2D eigenvalue weighted by Crippen LogP contribution is 1.94. The van der Waals surface area contributed by atoms with Crippen molar-refractivity contribution in [2.45, 2.75) is 32.6 Å². The van der Waals surface area contributed by atoms with Crippen LogP contribution in [0.25, 0.3) is 0 Å². The van der Waals surface area contributed by atoms with Crippen LogP contribution < -0.4 is 0 Å². The summed E-state index contributed by atoms with van der Waals surface area (Å²) in [4.78, 5) is 0. The van der Waals surface area contributed by atoms with Crippen molar-refractivity contribution in [1.29, 1.82) is 0 Å². The summed E-state index contributed by atoms with van der Waals surface area (Å²) in [6.45, 7) is 5.90. The lowest BCUT2D eigenvalue weighted by atomic mass is 10.2. The summed E-state index contributed by atoms with van der Waals surface area (Å²) < 4.78 is 0. The molecule has 0 aliphatic carbocycles. The van der Waals surface area contributed by atoms with Crippen LogP contribution in [-0.2, 0) is 0 Å². The summed E-state index contributed by atoms with van der Waals surface area (Å²) >= 11 is 0. The zero-order chi connectivity index (χ0) is 6.24. The molecule has 0 unspecified atom stereocenters. The van der Waals surface area contributed by atoms with Gasteiger partial charge in [0.2, 0.25) is 0 Å². The number of hydrogen-bond acceptors (Lipinski definition) is 0. The molecule has 0 rings (SSSR count). The van der Waals surface area contributed by atoms with Gasteiger partial charge in [-0.05, 0) is 19.3 Å². The van der Waals surface area contributed by atoms with Crippen LogP contribution in [0.4, 0.5) is 0 Å². The Kier molecular flexibility index (Phi) is 6.52. The van der Waals surface area contributed by atoms with Crippen LogP contribution >= 0.6 is 0 Å². The molecule has 0 amide bonds. The molecule has 8 heavy (non-hydrogen) atoms. The third kappa shape index (κ3) is 5.74. The summed E-state index contributed by atoms with van der Waals surface area (Å²) in [5.41, 5.74) is 0. The van der Waals surface area contributed by atoms with E-state index >= 15 is 0 Å². The van der Waals surface area contributed by atoms with E-state index in [9.17, 15) is 0 Å². The second kappa shape index (κ2) is 6.74. The Morgan fingerprint density at radius 3 is 2.62 bits per heavy atom. The van der Waals surface area contributed by atoms with Crippen molar-refractivity contribution in [2.75, 3.05) is 0 Å². The molecule has 0 fully saturated rings. The molecular formula is C8H15. The van der Waals surface area contributed by atoms with Gasteiger partial charge in [-0.15, -0.1) is 0 Å². The maximum Gasteiger partial charge on any atom is -0.0351 e. The van der Waals surface area contributed by atoms with Crippen molar-refractivity contribution in [1.82, 2.24) is 0 Å². The summed E-state index contributed by atoms with van der Waals surface area (Å²) in [7, 11) is 0. The lowest BCUT2D eigenvalue weighted by Crippen LogP contribution is -1.65. The second-order valence-electron chi connectivity index (χ2n) is 1.88. The molecule has 0 saturated carbocycles. The minimum atomic E-state index is 1.06. The summed E-state index contributed by atoms with van der Waals surface area (Å²) in [6.07, 6.45) is 9.10. The summed E-state index contributed by atoms with van der Waals surface area (Å²) in [5.74, 6) is 0. The number of unbranched alkanes of at least 4 members (excludes halogenated alkanes) is 2. The van der Waals surface area contributed by atoms with Crippen molar-refractivity contribution in [3.8, 4) is 0 Å². The molecule has 0 bridgehead atoms. The molecule has 0 heteroatoms. The lowest BCUT2D eigenvalue weighted by Gasteiger charge is -1.85. The zero-order valence-corrected chi connectivity index (χ0v) is 5.69. The Hall–Kier alpha value is -0.260. The minimum Gasteiger partial charge on any atom is -0.0888 e. The highest BCUT2D eigenvalue weighted by Gasteiger charge is 1.74. The van der Waals surface area contributed by atoms with Gasteiger partial charge >= 0.3 is 0 Å². The van der Waals surface area contributed by atoms with Gasteiger partial charge < -0.3 is 0 Å². The molecule has 0 N–H and O–H groups in total. The fourth-order valence-corrected chi connectivity index (χ4v) is 0.547. The van der Waals surface area contributed by atoms with E-state index in [1.54, 1.807) is 0 Å². The van der Waals surface area contributed by atoms with E-state index < -0.39 is 0 Å². The Bertz CT molecular complexity index is 53.1. The number of hydrogen-bond donors (Lipinski definition) is 0. The largest absolute Gasteiger partial charge is 0.0888 e. The Balaban J connectivity index is 2.80. The van der Waals surface area contributed by atoms with Crippen LogP contribution in [0, 0.1) is 6.92 Å². The Labute approximate surface area is 52.6 Å². The van der Waals surface area contributed by atoms with Crippen LogP contribution in [0.1, 0.15) is 32.6 Å². The van der Waals surface area contributed by atoms with Gasteiger partial charge in [-0.3, -0.25) is 0 Å². The third-order valence-electron chi connectivity index (χ3n) is 1.02. The van der Waals surface area contributed by atoms with E-state index in [1.165, 1.54) is 12.8 Å². The average molecular weight is 111 g/mol. The lowest BCUT2D eigenvalue weighted by molar-refractivity contribution is 0.863. The molecule has 0 aliphatic rings. The normalized spacial score (nSPS) is 10.8. The van der Waals surface area contributed by atoms with Gasteiger partial charge in [0, 0.05) is 0 Å². The van der Waals surface area contributed by atoms with Crippen LogP contribution in [0.3, 0.4) is 0 Å². The van der Waals surface area contributed by atoms with Gasteiger partial charge in [0.1, 0.15) is 0 Å². The number of rotatable bonds is 4. The molecule has 0 saturated heterocycles. The van der Waals surface area contributed by atoms with Gasteiger partial charge in [-0.25, -0.2) is 0 Å². The fraction of sp³-hybridized carbons (Fsp3) is 0.625. The van der Waals surface area contributed by atoms with Crippen molar-refractivity contribution in [3.63, 3.8) is 0 Å². The first kappa shape index (κ1) is 7.74. The molecule has 1 radical (unpaired) electrons. The van der Waals surface area contributed by atoms with E-state index in [0.29, 0.717) is 0 Å². The minimum absolute atomic E-state index is 1.06. The van der Waals surface area contributed by atoms with Gasteiger partial charge in [0.05, 0.1) is 0 Å². The maximum atomic E-state index is 3.75. The van der Waals surface area contributed by atoms with Gasteiger partial charge in [-0.1, -0.05) is 32.4 Å². The van der Waals surface area contributed by atoms with Gasteiger partial charge in [-0.2, -0.15) is 0 Å². The second-order valence-corrected chi connectivity index (χ2v) is 1.88. The Morgan fingerprint density at radius 1 is 1.38 bits per heavy atom. The van der Waals surface area contributed by atoms with E-state index in [4.69, 9.17) is 0 Å². The van der Waals surface area contributed by atoms with Crippen LogP contribution in [0.5, 0.6) is 0 Å². The molecule has 0 atom stereocenters. The molecule has 0 heterocycles. The summed E-state index contributed by atoms with van der Waals surface area (Å²) in [5, 5.41) is 0. The highest BCUT2D eigenvalue weighted by molar-refractivity contribution is 4.79. The number of allylic oxidation sites excluding steroid dienone is 2. The van der Waals surface area contributed by atoms with Crippen molar-refractivity contribution in [2.24, 2.45) is 0 Å². The SMILES string of the molecule is [CH2]CCCC=CCC. The van der Waals surface area contributed by atoms with Crippen LogP contribution in [-0.4, -0.2) is 0 Å². The standard InChI is InChI=1S/C8H15/c1-3-5-7-8-6-4-2/h6,8H,1,3-5,7H2,2H3. The first-order valence-corrected chi connectivity index (χ1v) is 3.36. The molecular weight excluding hydrogens is 96.1 g/mol. The van der Waals surface area contributed by atoms with E-state index in [-0.39, 0.29) is 0 Å². The van der Waals surface area contributed by atoms with Gasteiger partial charge in [0.25, 0.3) is 0 Å². The first-order chi connectivity index (χ1) is 3.91. The third-order valence-corrected chi connectivity index (χ3v) is 1.02. The smallest absolute Gasteiger partial charge is 0.0351 e. The molecule has 0 aliphatic heterocycles. The molecule has 0 aromatic rings. The van der Waals surface area contributed by atoms with E-state index in [1.807, 2.05) is 0 Å². The van der Waals surface area contributed by atoms with Crippen molar-refractivity contribution in [3.05, 3.63) is 19.1 Å². The predicted molar refractivity (Wildman–Crippen MR) is 38.6 cm³/mol. The van der Waals surface area contributed by atoms with E-state index in [0.717, 1.165) is 12.8 Å². The predicted octanol–water partition coefficient (Wildman–Crippen LogP) is 2.96.